The first kappa shape index (κ1) is 10.7. The molecule has 86 valence electrons. The Hall–Kier alpha value is -2.77. The van der Waals surface area contributed by atoms with Crippen LogP contribution >= 0.6 is 0 Å². The van der Waals surface area contributed by atoms with Crippen LogP contribution in [0.15, 0.2) is 18.2 Å². The fraction of sp³-hybridized carbons (Fsp3) is 0. The summed E-state index contributed by atoms with van der Waals surface area (Å²) in [6.45, 7) is 0. The third-order valence-electron chi connectivity index (χ3n) is 1.97. The van der Waals surface area contributed by atoms with Crippen LogP contribution in [-0.2, 0) is 0 Å². The minimum Gasteiger partial charge on any atom is -0.507 e. The summed E-state index contributed by atoms with van der Waals surface area (Å²) >= 11 is 0. The average molecular weight is 233 g/mol. The minimum atomic E-state index is -0.632. The van der Waals surface area contributed by atoms with E-state index in [1.807, 2.05) is 0 Å². The summed E-state index contributed by atoms with van der Waals surface area (Å²) in [7, 11) is 0. The number of aromatic nitrogens is 4. The molecule has 8 nitrogen and oxygen atoms in total. The molecule has 0 atom stereocenters. The summed E-state index contributed by atoms with van der Waals surface area (Å²) in [5, 5.41) is 24.3. The number of tetrazole rings is 1. The van der Waals surface area contributed by atoms with Crippen molar-refractivity contribution < 1.29 is 14.7 Å². The number of aromatic amines is 1. The molecule has 0 aliphatic heterocycles. The Balaban J connectivity index is 2.27. The second-order valence-corrected chi connectivity index (χ2v) is 3.08. The number of amides is 1. The van der Waals surface area contributed by atoms with Crippen molar-refractivity contribution in [1.82, 2.24) is 20.6 Å². The lowest BCUT2D eigenvalue weighted by molar-refractivity contribution is 0.102. The number of anilines is 1. The van der Waals surface area contributed by atoms with Gasteiger partial charge in [-0.05, 0) is 23.4 Å². The Morgan fingerprint density at radius 3 is 2.94 bits per heavy atom. The summed E-state index contributed by atoms with van der Waals surface area (Å²) in [6.07, 6.45) is 0.574. The van der Waals surface area contributed by atoms with Crippen molar-refractivity contribution in [3.8, 4) is 5.75 Å². The maximum absolute atomic E-state index is 11.7. The number of rotatable bonds is 3. The van der Waals surface area contributed by atoms with Crippen molar-refractivity contribution in [2.75, 3.05) is 5.32 Å². The van der Waals surface area contributed by atoms with Crippen LogP contribution in [0.1, 0.15) is 20.7 Å². The van der Waals surface area contributed by atoms with Crippen molar-refractivity contribution >= 4 is 18.1 Å². The monoisotopic (exact) mass is 233 g/mol. The molecular weight excluding hydrogens is 226 g/mol. The van der Waals surface area contributed by atoms with E-state index in [1.165, 1.54) is 18.2 Å². The number of H-pyrrole nitrogens is 1. The Morgan fingerprint density at radius 1 is 1.47 bits per heavy atom. The third-order valence-corrected chi connectivity index (χ3v) is 1.97. The molecule has 1 amide bonds. The van der Waals surface area contributed by atoms with Crippen molar-refractivity contribution in [2.24, 2.45) is 0 Å². The van der Waals surface area contributed by atoms with Crippen molar-refractivity contribution in [1.29, 1.82) is 0 Å². The fourth-order valence-corrected chi connectivity index (χ4v) is 1.19. The molecule has 1 aromatic carbocycles. The number of phenols is 1. The van der Waals surface area contributed by atoms with Gasteiger partial charge in [0.15, 0.2) is 0 Å². The highest BCUT2D eigenvalue weighted by molar-refractivity contribution is 6.06. The summed E-state index contributed by atoms with van der Waals surface area (Å²) in [5.41, 5.74) is 0.237. The number of nitrogens with zero attached hydrogens (tertiary/aromatic N) is 3. The Labute approximate surface area is 94.7 Å². The van der Waals surface area contributed by atoms with E-state index in [0.29, 0.717) is 6.29 Å². The topological polar surface area (TPSA) is 121 Å². The number of aldehydes is 1. The molecule has 2 aromatic rings. The predicted octanol–water partition coefficient (Wildman–Crippen LogP) is -0.0299. The SMILES string of the molecule is O=Cc1ccc(O)c(C(=O)Nc2nn[nH]n2)c1. The van der Waals surface area contributed by atoms with E-state index >= 15 is 0 Å². The maximum atomic E-state index is 11.7. The summed E-state index contributed by atoms with van der Waals surface area (Å²) < 4.78 is 0. The zero-order valence-electron chi connectivity index (χ0n) is 8.41. The van der Waals surface area contributed by atoms with Gasteiger partial charge in [0.2, 0.25) is 0 Å². The van der Waals surface area contributed by atoms with Crippen molar-refractivity contribution in [3.05, 3.63) is 29.3 Å². The molecule has 0 bridgehead atoms. The molecule has 8 heteroatoms. The number of hydrogen-bond acceptors (Lipinski definition) is 6. The molecule has 0 radical (unpaired) electrons. The molecule has 0 spiro atoms. The largest absolute Gasteiger partial charge is 0.507 e. The summed E-state index contributed by atoms with van der Waals surface area (Å²) in [4.78, 5) is 22.2. The van der Waals surface area contributed by atoms with E-state index in [2.05, 4.69) is 25.9 Å². The van der Waals surface area contributed by atoms with Crippen LogP contribution in [-0.4, -0.2) is 37.9 Å². The van der Waals surface area contributed by atoms with E-state index in [1.54, 1.807) is 0 Å². The van der Waals surface area contributed by atoms with Gasteiger partial charge in [-0.2, -0.15) is 5.21 Å². The summed E-state index contributed by atoms with van der Waals surface area (Å²) in [6, 6.07) is 3.92. The van der Waals surface area contributed by atoms with Crippen LogP contribution in [0.3, 0.4) is 0 Å². The lowest BCUT2D eigenvalue weighted by Gasteiger charge is -2.03. The Morgan fingerprint density at radius 2 is 2.29 bits per heavy atom. The quantitative estimate of drug-likeness (QED) is 0.640. The molecule has 2 rings (SSSR count). The number of aromatic hydroxyl groups is 1. The summed E-state index contributed by atoms with van der Waals surface area (Å²) in [5.74, 6) is -0.893. The van der Waals surface area contributed by atoms with Gasteiger partial charge in [-0.15, -0.1) is 5.10 Å². The van der Waals surface area contributed by atoms with Gasteiger partial charge in [-0.1, -0.05) is 5.10 Å². The molecule has 0 aliphatic carbocycles. The van der Waals surface area contributed by atoms with E-state index < -0.39 is 5.91 Å². The average Bonchev–Trinajstić information content (AvgIpc) is 2.82. The number of carbonyl (C=O) groups excluding carboxylic acids is 2. The third kappa shape index (κ3) is 2.25. The van der Waals surface area contributed by atoms with Crippen LogP contribution in [0, 0.1) is 0 Å². The van der Waals surface area contributed by atoms with Gasteiger partial charge in [0.25, 0.3) is 11.9 Å². The predicted molar refractivity (Wildman–Crippen MR) is 55.6 cm³/mol. The molecule has 0 aliphatic rings. The van der Waals surface area contributed by atoms with Crippen LogP contribution in [0.25, 0.3) is 0 Å². The van der Waals surface area contributed by atoms with Gasteiger partial charge in [0.1, 0.15) is 12.0 Å². The maximum Gasteiger partial charge on any atom is 0.270 e. The van der Waals surface area contributed by atoms with E-state index in [0.717, 1.165) is 0 Å². The molecule has 0 saturated carbocycles. The first-order valence-corrected chi connectivity index (χ1v) is 4.53. The van der Waals surface area contributed by atoms with Gasteiger partial charge in [-0.3, -0.25) is 14.9 Å². The normalized spacial score (nSPS) is 9.88. The van der Waals surface area contributed by atoms with E-state index in [9.17, 15) is 14.7 Å². The van der Waals surface area contributed by atoms with Gasteiger partial charge in [0, 0.05) is 5.56 Å². The Bertz CT molecular complexity index is 552. The highest BCUT2D eigenvalue weighted by Crippen LogP contribution is 2.18. The second kappa shape index (κ2) is 4.39. The molecule has 1 heterocycles. The molecule has 1 aromatic heterocycles. The molecule has 0 unspecified atom stereocenters. The molecule has 0 saturated heterocycles. The number of phenolic OH excluding ortho intramolecular Hbond substituents is 1. The molecule has 0 fully saturated rings. The Kier molecular flexibility index (Phi) is 2.77. The molecule has 3 N–H and O–H groups in total. The number of nitrogens with one attached hydrogen (secondary N) is 2. The van der Waals surface area contributed by atoms with Gasteiger partial charge >= 0.3 is 0 Å². The zero-order valence-corrected chi connectivity index (χ0v) is 8.41. The van der Waals surface area contributed by atoms with Crippen LogP contribution < -0.4 is 5.32 Å². The standard InChI is InChI=1S/C9H7N5O3/c15-4-5-1-2-7(16)6(3-5)8(17)10-9-11-13-14-12-9/h1-4,16H,(H2,10,11,12,13,14,17). The second-order valence-electron chi connectivity index (χ2n) is 3.08. The molecule has 17 heavy (non-hydrogen) atoms. The lowest BCUT2D eigenvalue weighted by atomic mass is 10.1. The van der Waals surface area contributed by atoms with E-state index in [-0.39, 0.29) is 22.8 Å². The number of benzene rings is 1. The number of carbonyl (C=O) groups is 2. The van der Waals surface area contributed by atoms with Crippen molar-refractivity contribution in [3.63, 3.8) is 0 Å². The highest BCUT2D eigenvalue weighted by atomic mass is 16.3. The van der Waals surface area contributed by atoms with Gasteiger partial charge in [-0.25, -0.2) is 0 Å². The molecular formula is C9H7N5O3. The first-order chi connectivity index (χ1) is 8.20. The van der Waals surface area contributed by atoms with Crippen LogP contribution in [0.2, 0.25) is 0 Å². The van der Waals surface area contributed by atoms with Gasteiger partial charge in [0.05, 0.1) is 5.56 Å². The lowest BCUT2D eigenvalue weighted by Crippen LogP contribution is -2.13. The van der Waals surface area contributed by atoms with E-state index in [4.69, 9.17) is 0 Å². The first-order valence-electron chi connectivity index (χ1n) is 4.53. The highest BCUT2D eigenvalue weighted by Gasteiger charge is 2.13. The van der Waals surface area contributed by atoms with Crippen molar-refractivity contribution in [2.45, 2.75) is 0 Å². The smallest absolute Gasteiger partial charge is 0.270 e. The minimum absolute atomic E-state index is 0.0223. The van der Waals surface area contributed by atoms with Crippen LogP contribution in [0.5, 0.6) is 5.75 Å². The van der Waals surface area contributed by atoms with Crippen LogP contribution in [0.4, 0.5) is 5.95 Å². The number of hydrogen-bond donors (Lipinski definition) is 3. The zero-order chi connectivity index (χ0) is 12.3. The fourth-order valence-electron chi connectivity index (χ4n) is 1.19. The van der Waals surface area contributed by atoms with Gasteiger partial charge < -0.3 is 5.11 Å².